The molecule has 0 fully saturated rings. The largest absolute Gasteiger partial charge is 0.312 e. The average molecular weight is 138 g/mol. The lowest BCUT2D eigenvalue weighted by Crippen LogP contribution is -2.22. The Labute approximate surface area is 62.4 Å². The second kappa shape index (κ2) is 4.94. The number of aliphatic imine (C=N–C) groups is 1. The van der Waals surface area contributed by atoms with Crippen molar-refractivity contribution < 1.29 is 0 Å². The summed E-state index contributed by atoms with van der Waals surface area (Å²) in [5.74, 6) is 0. The van der Waals surface area contributed by atoms with Gasteiger partial charge >= 0.3 is 0 Å². The van der Waals surface area contributed by atoms with Gasteiger partial charge in [-0.3, -0.25) is 4.99 Å². The quantitative estimate of drug-likeness (QED) is 0.583. The topological polar surface area (TPSA) is 24.4 Å². The van der Waals surface area contributed by atoms with E-state index in [-0.39, 0.29) is 6.04 Å². The molecule has 0 aliphatic rings. The van der Waals surface area contributed by atoms with Crippen molar-refractivity contribution in [2.75, 3.05) is 7.05 Å². The molecule has 0 radical (unpaired) electrons. The van der Waals surface area contributed by atoms with Crippen molar-refractivity contribution in [1.29, 1.82) is 0 Å². The van der Waals surface area contributed by atoms with Gasteiger partial charge in [0.15, 0.2) is 0 Å². The maximum Gasteiger partial charge on any atom is 0.0498 e. The molecule has 0 heterocycles. The van der Waals surface area contributed by atoms with Gasteiger partial charge in [0, 0.05) is 18.0 Å². The second-order valence-electron chi connectivity index (χ2n) is 2.02. The van der Waals surface area contributed by atoms with Crippen LogP contribution in [-0.4, -0.2) is 19.3 Å². The normalized spacial score (nSPS) is 13.4. The van der Waals surface area contributed by atoms with E-state index >= 15 is 0 Å². The number of hydrogen-bond acceptors (Lipinski definition) is 2. The van der Waals surface area contributed by atoms with Crippen molar-refractivity contribution in [1.82, 2.24) is 5.32 Å². The molecular formula is C8H14N2. The smallest absolute Gasteiger partial charge is 0.0498 e. The molecule has 2 nitrogen and oxygen atoms in total. The average Bonchev–Trinajstić information content (AvgIpc) is 1.98. The van der Waals surface area contributed by atoms with Crippen LogP contribution in [-0.2, 0) is 0 Å². The van der Waals surface area contributed by atoms with Crippen LogP contribution in [0.5, 0.6) is 0 Å². The van der Waals surface area contributed by atoms with Gasteiger partial charge in [0.25, 0.3) is 0 Å². The molecule has 0 aliphatic carbocycles. The number of allylic oxidation sites excluding steroid dienone is 1. The van der Waals surface area contributed by atoms with Crippen molar-refractivity contribution in [2.45, 2.75) is 13.0 Å². The Bertz CT molecular complexity index is 147. The second-order valence-corrected chi connectivity index (χ2v) is 2.02. The van der Waals surface area contributed by atoms with Gasteiger partial charge in [-0.1, -0.05) is 19.2 Å². The summed E-state index contributed by atoms with van der Waals surface area (Å²) in [6.07, 6.45) is 3.27. The number of rotatable bonds is 4. The lowest BCUT2D eigenvalue weighted by atomic mass is 10.3. The molecule has 0 aromatic heterocycles. The van der Waals surface area contributed by atoms with E-state index in [1.807, 2.05) is 14.0 Å². The third-order valence-electron chi connectivity index (χ3n) is 1.28. The molecule has 0 spiro atoms. The summed E-state index contributed by atoms with van der Waals surface area (Å²) in [6.45, 7) is 9.26. The predicted octanol–water partition coefficient (Wildman–Crippen LogP) is 1.36. The Morgan fingerprint density at radius 1 is 1.70 bits per heavy atom. The number of likely N-dealkylation sites (N-methyl/N-ethyl adjacent to an activating group) is 1. The van der Waals surface area contributed by atoms with Crippen LogP contribution in [0.4, 0.5) is 0 Å². The maximum absolute atomic E-state index is 4.01. The number of nitrogens with one attached hydrogen (secondary N) is 1. The monoisotopic (exact) mass is 138 g/mol. The van der Waals surface area contributed by atoms with E-state index < -0.39 is 0 Å². The molecule has 56 valence electrons. The Morgan fingerprint density at radius 2 is 2.30 bits per heavy atom. The fourth-order valence-electron chi connectivity index (χ4n) is 0.427. The highest BCUT2D eigenvalue weighted by atomic mass is 14.9. The molecule has 0 aliphatic heterocycles. The van der Waals surface area contributed by atoms with Gasteiger partial charge in [-0.25, -0.2) is 0 Å². The molecule has 1 atom stereocenters. The zero-order valence-electron chi connectivity index (χ0n) is 6.59. The summed E-state index contributed by atoms with van der Waals surface area (Å²) in [6, 6.07) is 0.233. The van der Waals surface area contributed by atoms with Crippen molar-refractivity contribution in [3.05, 3.63) is 24.9 Å². The first-order valence-corrected chi connectivity index (χ1v) is 3.23. The van der Waals surface area contributed by atoms with Gasteiger partial charge in [-0.15, -0.1) is 0 Å². The van der Waals surface area contributed by atoms with Crippen LogP contribution in [0.15, 0.2) is 29.9 Å². The van der Waals surface area contributed by atoms with Gasteiger partial charge in [0.05, 0.1) is 0 Å². The zero-order valence-corrected chi connectivity index (χ0v) is 6.59. The van der Waals surface area contributed by atoms with Crippen LogP contribution in [0.2, 0.25) is 0 Å². The van der Waals surface area contributed by atoms with Gasteiger partial charge < -0.3 is 5.32 Å². The first-order valence-electron chi connectivity index (χ1n) is 3.23. The molecule has 1 N–H and O–H groups in total. The molecule has 0 bridgehead atoms. The first-order chi connectivity index (χ1) is 4.72. The zero-order chi connectivity index (χ0) is 7.98. The van der Waals surface area contributed by atoms with Crippen LogP contribution in [0.25, 0.3) is 0 Å². The molecule has 10 heavy (non-hydrogen) atoms. The highest BCUT2D eigenvalue weighted by Gasteiger charge is 1.98. The van der Waals surface area contributed by atoms with Crippen molar-refractivity contribution in [3.63, 3.8) is 0 Å². The minimum atomic E-state index is 0.233. The van der Waals surface area contributed by atoms with E-state index in [4.69, 9.17) is 0 Å². The molecular weight excluding hydrogens is 124 g/mol. The summed E-state index contributed by atoms with van der Waals surface area (Å²) in [4.78, 5) is 4.01. The van der Waals surface area contributed by atoms with E-state index in [1.165, 1.54) is 0 Å². The SMILES string of the molecule is C=CC=NC(=C)C(C)NC. The fraction of sp³-hybridized carbons (Fsp3) is 0.375. The Morgan fingerprint density at radius 3 is 2.70 bits per heavy atom. The maximum atomic E-state index is 4.01. The standard InChI is InChI=1S/C8H14N2/c1-5-6-10-8(3)7(2)9-4/h5-7,9H,1,3H2,2,4H3. The van der Waals surface area contributed by atoms with Gasteiger partial charge in [-0.2, -0.15) is 0 Å². The minimum absolute atomic E-state index is 0.233. The van der Waals surface area contributed by atoms with Crippen molar-refractivity contribution in [2.24, 2.45) is 4.99 Å². The molecule has 0 aromatic rings. The van der Waals surface area contributed by atoms with Crippen LogP contribution in [0.3, 0.4) is 0 Å². The molecule has 0 saturated heterocycles. The van der Waals surface area contributed by atoms with E-state index in [0.717, 1.165) is 5.70 Å². The minimum Gasteiger partial charge on any atom is -0.312 e. The molecule has 0 saturated carbocycles. The fourth-order valence-corrected chi connectivity index (χ4v) is 0.427. The van der Waals surface area contributed by atoms with Gasteiger partial charge in [-0.05, 0) is 14.0 Å². The van der Waals surface area contributed by atoms with Gasteiger partial charge in [0.2, 0.25) is 0 Å². The third-order valence-corrected chi connectivity index (χ3v) is 1.28. The molecule has 1 unspecified atom stereocenters. The lowest BCUT2D eigenvalue weighted by Gasteiger charge is -2.07. The Balaban J connectivity index is 3.83. The van der Waals surface area contributed by atoms with Gasteiger partial charge in [0.1, 0.15) is 0 Å². The number of nitrogens with zero attached hydrogens (tertiary/aromatic N) is 1. The van der Waals surface area contributed by atoms with E-state index in [2.05, 4.69) is 23.5 Å². The van der Waals surface area contributed by atoms with Crippen LogP contribution in [0.1, 0.15) is 6.92 Å². The van der Waals surface area contributed by atoms with Crippen molar-refractivity contribution in [3.8, 4) is 0 Å². The summed E-state index contributed by atoms with van der Waals surface area (Å²) in [5.41, 5.74) is 0.822. The molecule has 0 rings (SSSR count). The summed E-state index contributed by atoms with van der Waals surface area (Å²) >= 11 is 0. The predicted molar refractivity (Wildman–Crippen MR) is 46.4 cm³/mol. The Hall–Kier alpha value is -0.890. The molecule has 0 aromatic carbocycles. The van der Waals surface area contributed by atoms with Crippen molar-refractivity contribution >= 4 is 6.21 Å². The summed E-state index contributed by atoms with van der Waals surface area (Å²) < 4.78 is 0. The van der Waals surface area contributed by atoms with E-state index in [1.54, 1.807) is 12.3 Å². The summed E-state index contributed by atoms with van der Waals surface area (Å²) in [5, 5.41) is 3.03. The van der Waals surface area contributed by atoms with Crippen LogP contribution >= 0.6 is 0 Å². The first kappa shape index (κ1) is 9.11. The molecule has 0 amide bonds. The van der Waals surface area contributed by atoms with Crippen LogP contribution < -0.4 is 5.32 Å². The highest BCUT2D eigenvalue weighted by molar-refractivity contribution is 5.71. The van der Waals surface area contributed by atoms with E-state index in [9.17, 15) is 0 Å². The third kappa shape index (κ3) is 3.20. The Kier molecular flexibility index (Phi) is 4.50. The summed E-state index contributed by atoms with van der Waals surface area (Å²) in [7, 11) is 1.87. The lowest BCUT2D eigenvalue weighted by molar-refractivity contribution is 0.689. The van der Waals surface area contributed by atoms with E-state index in [0.29, 0.717) is 0 Å². The number of hydrogen-bond donors (Lipinski definition) is 1. The molecule has 2 heteroatoms. The highest BCUT2D eigenvalue weighted by Crippen LogP contribution is 1.97. The van der Waals surface area contributed by atoms with Crippen LogP contribution in [0, 0.1) is 0 Å².